The van der Waals surface area contributed by atoms with Crippen LogP contribution in [-0.2, 0) is 32.6 Å². The maximum atomic E-state index is 13.9. The minimum absolute atomic E-state index is 0.0443. The first-order valence-electron chi connectivity index (χ1n) is 13.9. The number of carbonyl (C=O) groups is 2. The van der Waals surface area contributed by atoms with Gasteiger partial charge in [0.05, 0.1) is 11.9 Å². The molecule has 0 fully saturated rings. The number of nitrogens with zero attached hydrogens (tertiary/aromatic N) is 2. The number of amides is 2. The van der Waals surface area contributed by atoms with Crippen molar-refractivity contribution in [3.8, 4) is 0 Å². The molecule has 0 saturated carbocycles. The average molecular weight is 598 g/mol. The summed E-state index contributed by atoms with van der Waals surface area (Å²) in [5, 5.41) is 3.50. The van der Waals surface area contributed by atoms with E-state index in [1.165, 1.54) is 4.31 Å². The number of hydrogen-bond donors (Lipinski definition) is 1. The molecule has 0 aromatic heterocycles. The van der Waals surface area contributed by atoms with E-state index in [1.807, 2.05) is 75.4 Å². The van der Waals surface area contributed by atoms with Crippen LogP contribution >= 0.6 is 11.6 Å². The highest BCUT2D eigenvalue weighted by Crippen LogP contribution is 2.23. The summed E-state index contributed by atoms with van der Waals surface area (Å²) in [6.07, 6.45) is 2.60. The number of hydrogen-bond acceptors (Lipinski definition) is 4. The summed E-state index contributed by atoms with van der Waals surface area (Å²) in [6, 6.07) is 23.3. The number of nitrogens with one attached hydrogen (secondary N) is 1. The number of anilines is 1. The van der Waals surface area contributed by atoms with Gasteiger partial charge in [-0.25, -0.2) is 8.42 Å². The molecule has 0 aliphatic rings. The van der Waals surface area contributed by atoms with Gasteiger partial charge >= 0.3 is 0 Å². The fraction of sp³-hybridized carbons (Fsp3) is 0.375. The zero-order valence-corrected chi connectivity index (χ0v) is 25.8. The molecule has 2 atom stereocenters. The van der Waals surface area contributed by atoms with Crippen molar-refractivity contribution >= 4 is 39.1 Å². The Morgan fingerprint density at radius 2 is 1.66 bits per heavy atom. The van der Waals surface area contributed by atoms with Crippen molar-refractivity contribution in [1.29, 1.82) is 0 Å². The topological polar surface area (TPSA) is 86.8 Å². The summed E-state index contributed by atoms with van der Waals surface area (Å²) < 4.78 is 26.5. The standard InChI is InChI=1S/C32H40ClN3O4S/c1-5-25(3)34-32(38)30(21-26-14-7-6-8-15-26)35(23-27-16-10-9-13-24(27)2)31(37)19-12-20-36(41(4,39)40)29-18-11-17-28(33)22-29/h6-11,13-18,22,25,30H,5,12,19-21,23H2,1-4H3,(H,34,38)/t25-,30+/m1/s1. The molecule has 0 spiro atoms. The Balaban J connectivity index is 1.90. The monoisotopic (exact) mass is 597 g/mol. The van der Waals surface area contributed by atoms with Gasteiger partial charge in [-0.1, -0.05) is 79.2 Å². The molecule has 9 heteroatoms. The summed E-state index contributed by atoms with van der Waals surface area (Å²) >= 11 is 6.11. The molecule has 41 heavy (non-hydrogen) atoms. The fourth-order valence-electron chi connectivity index (χ4n) is 4.60. The first-order valence-corrected chi connectivity index (χ1v) is 16.1. The summed E-state index contributed by atoms with van der Waals surface area (Å²) in [4.78, 5) is 29.2. The second-order valence-electron chi connectivity index (χ2n) is 10.4. The van der Waals surface area contributed by atoms with Gasteiger partial charge in [0.1, 0.15) is 6.04 Å². The van der Waals surface area contributed by atoms with Gasteiger partial charge < -0.3 is 10.2 Å². The normalized spacial score (nSPS) is 12.8. The zero-order valence-electron chi connectivity index (χ0n) is 24.2. The predicted octanol–water partition coefficient (Wildman–Crippen LogP) is 5.75. The van der Waals surface area contributed by atoms with E-state index in [2.05, 4.69) is 5.32 Å². The van der Waals surface area contributed by atoms with Crippen molar-refractivity contribution < 1.29 is 18.0 Å². The van der Waals surface area contributed by atoms with Gasteiger partial charge in [-0.3, -0.25) is 13.9 Å². The summed E-state index contributed by atoms with van der Waals surface area (Å²) in [7, 11) is -3.61. The first kappa shape index (κ1) is 32.2. The van der Waals surface area contributed by atoms with E-state index >= 15 is 0 Å². The lowest BCUT2D eigenvalue weighted by molar-refractivity contribution is -0.141. The maximum Gasteiger partial charge on any atom is 0.243 e. The summed E-state index contributed by atoms with van der Waals surface area (Å²) in [5.41, 5.74) is 3.37. The molecule has 0 aliphatic heterocycles. The molecule has 0 heterocycles. The molecule has 0 aliphatic carbocycles. The molecule has 1 N–H and O–H groups in total. The highest BCUT2D eigenvalue weighted by Gasteiger charge is 2.31. The van der Waals surface area contributed by atoms with Gasteiger partial charge in [-0.05, 0) is 61.6 Å². The van der Waals surface area contributed by atoms with Gasteiger partial charge in [0.25, 0.3) is 0 Å². The molecule has 3 aromatic carbocycles. The second kappa shape index (κ2) is 15.0. The highest BCUT2D eigenvalue weighted by atomic mass is 35.5. The van der Waals surface area contributed by atoms with Crippen LogP contribution in [0.15, 0.2) is 78.9 Å². The molecule has 3 aromatic rings. The Kier molecular flexibility index (Phi) is 11.8. The van der Waals surface area contributed by atoms with Gasteiger partial charge in [0.15, 0.2) is 0 Å². The van der Waals surface area contributed by atoms with Crippen molar-refractivity contribution in [3.05, 3.63) is 101 Å². The molecular weight excluding hydrogens is 558 g/mol. The Morgan fingerprint density at radius 1 is 0.976 bits per heavy atom. The van der Waals surface area contributed by atoms with Crippen LogP contribution in [0.4, 0.5) is 5.69 Å². The van der Waals surface area contributed by atoms with E-state index < -0.39 is 16.1 Å². The maximum absolute atomic E-state index is 13.9. The smallest absolute Gasteiger partial charge is 0.243 e. The molecule has 0 radical (unpaired) electrons. The van der Waals surface area contributed by atoms with Crippen molar-refractivity contribution in [2.45, 2.75) is 65.1 Å². The van der Waals surface area contributed by atoms with E-state index in [0.717, 1.165) is 29.4 Å². The number of aryl methyl sites for hydroxylation is 1. The summed E-state index contributed by atoms with van der Waals surface area (Å²) in [5.74, 6) is -0.421. The van der Waals surface area contributed by atoms with E-state index in [9.17, 15) is 18.0 Å². The lowest BCUT2D eigenvalue weighted by Crippen LogP contribution is -2.52. The third-order valence-electron chi connectivity index (χ3n) is 7.12. The molecule has 0 saturated heterocycles. The Hall–Kier alpha value is -3.36. The largest absolute Gasteiger partial charge is 0.352 e. The average Bonchev–Trinajstić information content (AvgIpc) is 2.93. The molecule has 0 bridgehead atoms. The van der Waals surface area contributed by atoms with Crippen LogP contribution in [0.1, 0.15) is 49.8 Å². The van der Waals surface area contributed by atoms with E-state index in [4.69, 9.17) is 11.6 Å². The van der Waals surface area contributed by atoms with E-state index in [0.29, 0.717) is 17.1 Å². The first-order chi connectivity index (χ1) is 19.5. The van der Waals surface area contributed by atoms with Crippen LogP contribution in [0.3, 0.4) is 0 Å². The number of rotatable bonds is 14. The van der Waals surface area contributed by atoms with Gasteiger partial charge in [0, 0.05) is 37.0 Å². The van der Waals surface area contributed by atoms with Gasteiger partial charge in [-0.15, -0.1) is 0 Å². The molecule has 0 unspecified atom stereocenters. The lowest BCUT2D eigenvalue weighted by Gasteiger charge is -2.33. The van der Waals surface area contributed by atoms with Crippen LogP contribution in [0, 0.1) is 6.92 Å². The second-order valence-corrected chi connectivity index (χ2v) is 12.7. The van der Waals surface area contributed by atoms with Crippen LogP contribution in [0.25, 0.3) is 0 Å². The van der Waals surface area contributed by atoms with Gasteiger partial charge in [-0.2, -0.15) is 0 Å². The minimum atomic E-state index is -3.61. The SMILES string of the molecule is CC[C@@H](C)NC(=O)[C@H](Cc1ccccc1)N(Cc1ccccc1C)C(=O)CCCN(c1cccc(Cl)c1)S(C)(=O)=O. The van der Waals surface area contributed by atoms with Crippen molar-refractivity contribution in [2.75, 3.05) is 17.1 Å². The Labute approximate surface area is 249 Å². The molecule has 2 amide bonds. The number of sulfonamides is 1. The summed E-state index contributed by atoms with van der Waals surface area (Å²) in [6.45, 7) is 6.30. The number of benzene rings is 3. The van der Waals surface area contributed by atoms with Gasteiger partial charge in [0.2, 0.25) is 21.8 Å². The fourth-order valence-corrected chi connectivity index (χ4v) is 5.74. The lowest BCUT2D eigenvalue weighted by atomic mass is 10.0. The van der Waals surface area contributed by atoms with Crippen LogP contribution in [0.5, 0.6) is 0 Å². The quantitative estimate of drug-likeness (QED) is 0.256. The van der Waals surface area contributed by atoms with Crippen LogP contribution < -0.4 is 9.62 Å². The molecule has 3 rings (SSSR count). The molecular formula is C32H40ClN3O4S. The third kappa shape index (κ3) is 9.61. The van der Waals surface area contributed by atoms with E-state index in [1.54, 1.807) is 29.2 Å². The Morgan fingerprint density at radius 3 is 2.29 bits per heavy atom. The molecule has 7 nitrogen and oxygen atoms in total. The highest BCUT2D eigenvalue weighted by molar-refractivity contribution is 7.92. The minimum Gasteiger partial charge on any atom is -0.352 e. The van der Waals surface area contributed by atoms with Crippen LogP contribution in [-0.4, -0.2) is 50.0 Å². The van der Waals surface area contributed by atoms with Crippen molar-refractivity contribution in [2.24, 2.45) is 0 Å². The Bertz CT molecular complexity index is 1420. The third-order valence-corrected chi connectivity index (χ3v) is 8.55. The number of carbonyl (C=O) groups excluding carboxylic acids is 2. The van der Waals surface area contributed by atoms with E-state index in [-0.39, 0.29) is 43.8 Å². The predicted molar refractivity (Wildman–Crippen MR) is 166 cm³/mol. The molecule has 220 valence electrons. The number of halogens is 1. The van der Waals surface area contributed by atoms with Crippen molar-refractivity contribution in [1.82, 2.24) is 10.2 Å². The zero-order chi connectivity index (χ0) is 30.0. The van der Waals surface area contributed by atoms with Crippen molar-refractivity contribution in [3.63, 3.8) is 0 Å². The van der Waals surface area contributed by atoms with Crippen LogP contribution in [0.2, 0.25) is 5.02 Å².